The van der Waals surface area contributed by atoms with Crippen LogP contribution in [-0.2, 0) is 11.2 Å². The molecule has 0 radical (unpaired) electrons. The number of benzene rings is 1. The van der Waals surface area contributed by atoms with Gasteiger partial charge in [-0.3, -0.25) is 4.79 Å². The van der Waals surface area contributed by atoms with Gasteiger partial charge in [0.25, 0.3) is 0 Å². The molecule has 0 aliphatic carbocycles. The van der Waals surface area contributed by atoms with E-state index >= 15 is 0 Å². The van der Waals surface area contributed by atoms with Crippen LogP contribution < -0.4 is 0 Å². The molecule has 0 saturated carbocycles. The standard InChI is InChI=1S/C16H25NO2/c1-17(13-6-3-7-14-18)16(19)12-8-11-15-9-4-2-5-10-15/h2,4-5,9-10,18H,3,6-8,11-14H2,1H3. The van der Waals surface area contributed by atoms with Crippen molar-refractivity contribution in [2.75, 3.05) is 20.2 Å². The summed E-state index contributed by atoms with van der Waals surface area (Å²) in [6.07, 6.45) is 5.27. The van der Waals surface area contributed by atoms with Crippen LogP contribution in [-0.4, -0.2) is 36.1 Å². The second-order valence-corrected chi connectivity index (χ2v) is 4.94. The van der Waals surface area contributed by atoms with Gasteiger partial charge in [0.2, 0.25) is 5.91 Å². The maximum atomic E-state index is 11.9. The van der Waals surface area contributed by atoms with Crippen molar-refractivity contribution < 1.29 is 9.90 Å². The van der Waals surface area contributed by atoms with Gasteiger partial charge in [0.1, 0.15) is 0 Å². The van der Waals surface area contributed by atoms with Crippen molar-refractivity contribution in [1.82, 2.24) is 4.90 Å². The minimum Gasteiger partial charge on any atom is -0.396 e. The maximum absolute atomic E-state index is 11.9. The third-order valence-electron chi connectivity index (χ3n) is 3.28. The van der Waals surface area contributed by atoms with E-state index in [2.05, 4.69) is 12.1 Å². The summed E-state index contributed by atoms with van der Waals surface area (Å²) in [5.41, 5.74) is 1.29. The van der Waals surface area contributed by atoms with Crippen molar-refractivity contribution in [2.24, 2.45) is 0 Å². The predicted molar refractivity (Wildman–Crippen MR) is 78.0 cm³/mol. The van der Waals surface area contributed by atoms with Crippen LogP contribution in [0.3, 0.4) is 0 Å². The fraction of sp³-hybridized carbons (Fsp3) is 0.562. The summed E-state index contributed by atoms with van der Waals surface area (Å²) in [6.45, 7) is 1.04. The summed E-state index contributed by atoms with van der Waals surface area (Å²) >= 11 is 0. The van der Waals surface area contributed by atoms with E-state index in [4.69, 9.17) is 5.11 Å². The van der Waals surface area contributed by atoms with E-state index < -0.39 is 0 Å². The van der Waals surface area contributed by atoms with Gasteiger partial charge in [-0.05, 0) is 37.7 Å². The summed E-state index contributed by atoms with van der Waals surface area (Å²) in [5.74, 6) is 0.222. The lowest BCUT2D eigenvalue weighted by Gasteiger charge is -2.16. The Kier molecular flexibility index (Phi) is 7.91. The fourth-order valence-electron chi connectivity index (χ4n) is 2.04. The van der Waals surface area contributed by atoms with Gasteiger partial charge in [-0.2, -0.15) is 0 Å². The molecule has 0 atom stereocenters. The smallest absolute Gasteiger partial charge is 0.222 e. The first-order chi connectivity index (χ1) is 9.24. The third kappa shape index (κ3) is 6.97. The van der Waals surface area contributed by atoms with Crippen LogP contribution in [0.1, 0.15) is 37.7 Å². The second-order valence-electron chi connectivity index (χ2n) is 4.94. The van der Waals surface area contributed by atoms with E-state index in [0.29, 0.717) is 6.42 Å². The number of aliphatic hydroxyl groups is 1. The van der Waals surface area contributed by atoms with Crippen LogP contribution in [0.25, 0.3) is 0 Å². The Hall–Kier alpha value is -1.35. The van der Waals surface area contributed by atoms with Crippen LogP contribution in [0.5, 0.6) is 0 Å². The van der Waals surface area contributed by atoms with Crippen LogP contribution in [0.4, 0.5) is 0 Å². The number of carbonyl (C=O) groups is 1. The number of nitrogens with zero attached hydrogens (tertiary/aromatic N) is 1. The first kappa shape index (κ1) is 15.7. The summed E-state index contributed by atoms with van der Waals surface area (Å²) in [6, 6.07) is 10.3. The summed E-state index contributed by atoms with van der Waals surface area (Å²) in [4.78, 5) is 13.7. The molecule has 0 heterocycles. The largest absolute Gasteiger partial charge is 0.396 e. The zero-order valence-corrected chi connectivity index (χ0v) is 11.8. The molecule has 19 heavy (non-hydrogen) atoms. The van der Waals surface area contributed by atoms with Crippen LogP contribution in [0.2, 0.25) is 0 Å². The molecule has 1 N–H and O–H groups in total. The van der Waals surface area contributed by atoms with Crippen LogP contribution in [0, 0.1) is 0 Å². The Morgan fingerprint density at radius 1 is 1.11 bits per heavy atom. The summed E-state index contributed by atoms with van der Waals surface area (Å²) in [7, 11) is 1.86. The number of hydrogen-bond donors (Lipinski definition) is 1. The number of amides is 1. The van der Waals surface area contributed by atoms with Crippen molar-refractivity contribution >= 4 is 5.91 Å². The van der Waals surface area contributed by atoms with E-state index in [-0.39, 0.29) is 12.5 Å². The van der Waals surface area contributed by atoms with E-state index in [0.717, 1.165) is 38.6 Å². The SMILES string of the molecule is CN(CCCCCO)C(=O)CCCc1ccccc1. The quantitative estimate of drug-likeness (QED) is 0.696. The number of carbonyl (C=O) groups excluding carboxylic acids is 1. The Morgan fingerprint density at radius 3 is 2.53 bits per heavy atom. The molecule has 0 aliphatic heterocycles. The molecule has 0 spiro atoms. The van der Waals surface area contributed by atoms with Crippen molar-refractivity contribution in [3.05, 3.63) is 35.9 Å². The Bertz CT molecular complexity index is 351. The van der Waals surface area contributed by atoms with Gasteiger partial charge in [-0.25, -0.2) is 0 Å². The molecule has 0 aliphatic rings. The molecule has 3 nitrogen and oxygen atoms in total. The van der Waals surface area contributed by atoms with Crippen LogP contribution in [0.15, 0.2) is 30.3 Å². The highest BCUT2D eigenvalue weighted by Gasteiger charge is 2.07. The maximum Gasteiger partial charge on any atom is 0.222 e. The molecule has 3 heteroatoms. The Morgan fingerprint density at radius 2 is 1.84 bits per heavy atom. The van der Waals surface area contributed by atoms with Gasteiger partial charge in [0.05, 0.1) is 0 Å². The van der Waals surface area contributed by atoms with Gasteiger partial charge < -0.3 is 10.0 Å². The third-order valence-corrected chi connectivity index (χ3v) is 3.28. The summed E-state index contributed by atoms with van der Waals surface area (Å²) in [5, 5.41) is 8.68. The van der Waals surface area contributed by atoms with E-state index in [9.17, 15) is 4.79 Å². The average Bonchev–Trinajstić information content (AvgIpc) is 2.44. The van der Waals surface area contributed by atoms with Gasteiger partial charge in [0.15, 0.2) is 0 Å². The first-order valence-electron chi connectivity index (χ1n) is 7.13. The minimum absolute atomic E-state index is 0.222. The number of rotatable bonds is 9. The lowest BCUT2D eigenvalue weighted by molar-refractivity contribution is -0.130. The van der Waals surface area contributed by atoms with Gasteiger partial charge in [0, 0.05) is 26.6 Å². The number of aliphatic hydroxyl groups excluding tert-OH is 1. The normalized spacial score (nSPS) is 10.4. The fourth-order valence-corrected chi connectivity index (χ4v) is 2.04. The number of unbranched alkanes of at least 4 members (excludes halogenated alkanes) is 2. The number of hydrogen-bond acceptors (Lipinski definition) is 2. The molecule has 0 unspecified atom stereocenters. The Balaban J connectivity index is 2.13. The first-order valence-corrected chi connectivity index (χ1v) is 7.13. The van der Waals surface area contributed by atoms with Crippen molar-refractivity contribution in [3.63, 3.8) is 0 Å². The summed E-state index contributed by atoms with van der Waals surface area (Å²) < 4.78 is 0. The Labute approximate surface area is 116 Å². The number of aryl methyl sites for hydroxylation is 1. The van der Waals surface area contributed by atoms with Gasteiger partial charge >= 0.3 is 0 Å². The topological polar surface area (TPSA) is 40.5 Å². The van der Waals surface area contributed by atoms with Crippen molar-refractivity contribution in [1.29, 1.82) is 0 Å². The average molecular weight is 263 g/mol. The molecule has 1 amide bonds. The molecule has 106 valence electrons. The molecule has 0 bridgehead atoms. The predicted octanol–water partition coefficient (Wildman–Crippen LogP) is 2.63. The lowest BCUT2D eigenvalue weighted by Crippen LogP contribution is -2.27. The molecule has 0 saturated heterocycles. The highest BCUT2D eigenvalue weighted by atomic mass is 16.2. The minimum atomic E-state index is 0.222. The highest BCUT2D eigenvalue weighted by molar-refractivity contribution is 5.75. The molecule has 0 fully saturated rings. The lowest BCUT2D eigenvalue weighted by atomic mass is 10.1. The van der Waals surface area contributed by atoms with Gasteiger partial charge in [-0.1, -0.05) is 30.3 Å². The van der Waals surface area contributed by atoms with Crippen LogP contribution >= 0.6 is 0 Å². The molecule has 1 aromatic carbocycles. The van der Waals surface area contributed by atoms with E-state index in [1.807, 2.05) is 30.1 Å². The second kappa shape index (κ2) is 9.56. The highest BCUT2D eigenvalue weighted by Crippen LogP contribution is 2.06. The van der Waals surface area contributed by atoms with Crippen molar-refractivity contribution in [2.45, 2.75) is 38.5 Å². The zero-order valence-electron chi connectivity index (χ0n) is 11.8. The zero-order chi connectivity index (χ0) is 13.9. The molecule has 1 rings (SSSR count). The molecule has 0 aromatic heterocycles. The molecule has 1 aromatic rings. The molecular formula is C16H25NO2. The van der Waals surface area contributed by atoms with Crippen molar-refractivity contribution in [3.8, 4) is 0 Å². The molecular weight excluding hydrogens is 238 g/mol. The van der Waals surface area contributed by atoms with E-state index in [1.54, 1.807) is 0 Å². The van der Waals surface area contributed by atoms with E-state index in [1.165, 1.54) is 5.56 Å². The van der Waals surface area contributed by atoms with Gasteiger partial charge in [-0.15, -0.1) is 0 Å². The monoisotopic (exact) mass is 263 g/mol.